The van der Waals surface area contributed by atoms with E-state index >= 15 is 0 Å². The summed E-state index contributed by atoms with van der Waals surface area (Å²) in [6, 6.07) is 0. The predicted octanol–water partition coefficient (Wildman–Crippen LogP) is -1.96. The maximum atomic E-state index is 10.5. The van der Waals surface area contributed by atoms with Crippen molar-refractivity contribution < 1.29 is 17.9 Å². The molecule has 0 aliphatic rings. The van der Waals surface area contributed by atoms with Crippen molar-refractivity contribution in [3.8, 4) is 0 Å². The fourth-order valence-corrected chi connectivity index (χ4v) is 0.926. The third kappa shape index (κ3) is 9.34. The molecule has 0 aliphatic heterocycles. The first-order valence-electron chi connectivity index (χ1n) is 3.22. The van der Waals surface area contributed by atoms with Gasteiger partial charge in [-0.25, -0.2) is 13.1 Å². The first-order valence-corrected chi connectivity index (χ1v) is 5.11. The quantitative estimate of drug-likeness (QED) is 0.482. The van der Waals surface area contributed by atoms with Crippen LogP contribution >= 0.6 is 0 Å². The molecule has 6 nitrogen and oxygen atoms in total. The molecule has 0 aromatic carbocycles. The van der Waals surface area contributed by atoms with Gasteiger partial charge in [0.25, 0.3) is 0 Å². The minimum Gasteiger partial charge on any atom is -0.370 e. The van der Waals surface area contributed by atoms with E-state index in [9.17, 15) is 13.2 Å². The van der Waals surface area contributed by atoms with Gasteiger partial charge >= 0.3 is 0 Å². The number of amides is 1. The van der Waals surface area contributed by atoms with E-state index in [1.165, 1.54) is 0 Å². The largest absolute Gasteiger partial charge is 0.370 e. The molecule has 0 aromatic heterocycles. The molecule has 0 saturated heterocycles. The van der Waals surface area contributed by atoms with Crippen molar-refractivity contribution in [1.82, 2.24) is 4.72 Å². The summed E-state index contributed by atoms with van der Waals surface area (Å²) in [4.78, 5) is 10.1. The van der Waals surface area contributed by atoms with Crippen LogP contribution in [0.15, 0.2) is 0 Å². The van der Waals surface area contributed by atoms with Crippen LogP contribution in [0.1, 0.15) is 0 Å². The zero-order valence-electron chi connectivity index (χ0n) is 6.74. The molecule has 0 unspecified atom stereocenters. The third-order valence-electron chi connectivity index (χ3n) is 0.855. The summed E-state index contributed by atoms with van der Waals surface area (Å²) in [6.07, 6.45) is 1.04. The molecule has 1 amide bonds. The van der Waals surface area contributed by atoms with Crippen LogP contribution in [0.3, 0.4) is 0 Å². The van der Waals surface area contributed by atoms with E-state index in [1.54, 1.807) is 0 Å². The number of nitrogens with one attached hydrogen (secondary N) is 1. The summed E-state index contributed by atoms with van der Waals surface area (Å²) in [5.74, 6) is -0.575. The van der Waals surface area contributed by atoms with Gasteiger partial charge in [-0.2, -0.15) is 0 Å². The Hall–Kier alpha value is -0.660. The minimum atomic E-state index is -3.17. The molecule has 0 heterocycles. The molecule has 7 heteroatoms. The van der Waals surface area contributed by atoms with Crippen LogP contribution in [-0.2, 0) is 19.6 Å². The fourth-order valence-electron chi connectivity index (χ4n) is 0.472. The van der Waals surface area contributed by atoms with Crippen molar-refractivity contribution in [3.05, 3.63) is 0 Å². The standard InChI is InChI=1S/C5H12N2O4S/c1-12(9,10)7-2-3-11-4-5(6)8/h7H,2-4H2,1H3,(H2,6,8). The third-order valence-corrected chi connectivity index (χ3v) is 1.58. The van der Waals surface area contributed by atoms with Crippen LogP contribution in [-0.4, -0.2) is 40.3 Å². The molecule has 0 bridgehead atoms. The number of nitrogens with two attached hydrogens (primary N) is 1. The van der Waals surface area contributed by atoms with Gasteiger partial charge in [0.2, 0.25) is 15.9 Å². The second-order valence-electron chi connectivity index (χ2n) is 2.19. The Kier molecular flexibility index (Phi) is 4.79. The van der Waals surface area contributed by atoms with Crippen molar-refractivity contribution in [3.63, 3.8) is 0 Å². The molecular formula is C5H12N2O4S. The predicted molar refractivity (Wildman–Crippen MR) is 42.9 cm³/mol. The average molecular weight is 196 g/mol. The Bertz CT molecular complexity index is 236. The number of hydrogen-bond donors (Lipinski definition) is 2. The maximum Gasteiger partial charge on any atom is 0.243 e. The van der Waals surface area contributed by atoms with Crippen molar-refractivity contribution in [2.45, 2.75) is 0 Å². The van der Waals surface area contributed by atoms with Gasteiger partial charge < -0.3 is 10.5 Å². The van der Waals surface area contributed by atoms with Crippen molar-refractivity contribution in [2.24, 2.45) is 5.73 Å². The van der Waals surface area contributed by atoms with Crippen LogP contribution in [0.25, 0.3) is 0 Å². The summed E-state index contributed by atoms with van der Waals surface area (Å²) in [7, 11) is -3.17. The van der Waals surface area contributed by atoms with Gasteiger partial charge in [0.05, 0.1) is 12.9 Å². The van der Waals surface area contributed by atoms with Crippen LogP contribution in [0.5, 0.6) is 0 Å². The van der Waals surface area contributed by atoms with Crippen molar-refractivity contribution >= 4 is 15.9 Å². The van der Waals surface area contributed by atoms with E-state index in [0.717, 1.165) is 6.26 Å². The molecule has 0 aromatic rings. The summed E-state index contributed by atoms with van der Waals surface area (Å²) in [6.45, 7) is 0.0908. The Balaban J connectivity index is 3.29. The van der Waals surface area contributed by atoms with Crippen LogP contribution in [0.2, 0.25) is 0 Å². The van der Waals surface area contributed by atoms with Crippen LogP contribution in [0, 0.1) is 0 Å². The summed E-state index contributed by atoms with van der Waals surface area (Å²) in [5, 5.41) is 0. The highest BCUT2D eigenvalue weighted by molar-refractivity contribution is 7.88. The van der Waals surface area contributed by atoms with Gasteiger partial charge in [-0.15, -0.1) is 0 Å². The monoisotopic (exact) mass is 196 g/mol. The SMILES string of the molecule is CS(=O)(=O)NCCOCC(N)=O. The molecule has 0 saturated carbocycles. The van der Waals surface area contributed by atoms with Crippen molar-refractivity contribution in [1.29, 1.82) is 0 Å². The Labute approximate surface area is 71.1 Å². The Morgan fingerprint density at radius 3 is 2.58 bits per heavy atom. The second kappa shape index (κ2) is 5.07. The first kappa shape index (κ1) is 11.3. The van der Waals surface area contributed by atoms with Gasteiger partial charge in [0, 0.05) is 6.54 Å². The number of hydrogen-bond acceptors (Lipinski definition) is 4. The maximum absolute atomic E-state index is 10.5. The highest BCUT2D eigenvalue weighted by Crippen LogP contribution is 1.75. The first-order chi connectivity index (χ1) is 5.42. The second-order valence-corrected chi connectivity index (χ2v) is 4.02. The lowest BCUT2D eigenvalue weighted by Gasteiger charge is -2.01. The summed E-state index contributed by atoms with van der Waals surface area (Å²) in [5.41, 5.74) is 4.76. The van der Waals surface area contributed by atoms with Crippen molar-refractivity contribution in [2.75, 3.05) is 26.0 Å². The lowest BCUT2D eigenvalue weighted by molar-refractivity contribution is -0.122. The van der Waals surface area contributed by atoms with E-state index < -0.39 is 15.9 Å². The molecule has 12 heavy (non-hydrogen) atoms. The smallest absolute Gasteiger partial charge is 0.243 e. The van der Waals surface area contributed by atoms with Crippen LogP contribution in [0.4, 0.5) is 0 Å². The Morgan fingerprint density at radius 2 is 2.17 bits per heavy atom. The molecule has 0 aliphatic carbocycles. The molecule has 0 radical (unpaired) electrons. The number of carbonyl (C=O) groups excluding carboxylic acids is 1. The van der Waals surface area contributed by atoms with Gasteiger partial charge in [0.1, 0.15) is 6.61 Å². The van der Waals surface area contributed by atoms with E-state index in [-0.39, 0.29) is 19.8 Å². The topological polar surface area (TPSA) is 98.5 Å². The molecular weight excluding hydrogens is 184 g/mol. The number of ether oxygens (including phenoxy) is 1. The zero-order valence-corrected chi connectivity index (χ0v) is 7.56. The molecule has 0 atom stereocenters. The number of primary amides is 1. The minimum absolute atomic E-state index is 0.135. The van der Waals surface area contributed by atoms with E-state index in [4.69, 9.17) is 5.73 Å². The number of sulfonamides is 1. The highest BCUT2D eigenvalue weighted by atomic mass is 32.2. The number of carbonyl (C=O) groups is 1. The number of rotatable bonds is 6. The van der Waals surface area contributed by atoms with E-state index in [0.29, 0.717) is 0 Å². The molecule has 0 spiro atoms. The van der Waals surface area contributed by atoms with Gasteiger partial charge in [-0.05, 0) is 0 Å². The zero-order chi connectivity index (χ0) is 9.61. The molecule has 0 fully saturated rings. The van der Waals surface area contributed by atoms with Gasteiger partial charge in [0.15, 0.2) is 0 Å². The van der Waals surface area contributed by atoms with Gasteiger partial charge in [-0.1, -0.05) is 0 Å². The van der Waals surface area contributed by atoms with Gasteiger partial charge in [-0.3, -0.25) is 4.79 Å². The summed E-state index contributed by atoms with van der Waals surface area (Å²) < 4.78 is 27.8. The molecule has 3 N–H and O–H groups in total. The summed E-state index contributed by atoms with van der Waals surface area (Å²) >= 11 is 0. The molecule has 72 valence electrons. The van der Waals surface area contributed by atoms with E-state index in [1.807, 2.05) is 0 Å². The average Bonchev–Trinajstić information content (AvgIpc) is 1.83. The normalized spacial score (nSPS) is 11.4. The van der Waals surface area contributed by atoms with E-state index in [2.05, 4.69) is 9.46 Å². The molecule has 0 rings (SSSR count). The lowest BCUT2D eigenvalue weighted by Crippen LogP contribution is -2.27. The highest BCUT2D eigenvalue weighted by Gasteiger charge is 1.99. The fraction of sp³-hybridized carbons (Fsp3) is 0.800. The van der Waals surface area contributed by atoms with Crippen LogP contribution < -0.4 is 10.5 Å². The Morgan fingerprint density at radius 1 is 1.58 bits per heavy atom. The lowest BCUT2D eigenvalue weighted by atomic mass is 10.6.